The van der Waals surface area contributed by atoms with Crippen molar-refractivity contribution < 1.29 is 22.7 Å². The van der Waals surface area contributed by atoms with Crippen LogP contribution in [0.15, 0.2) is 36.4 Å². The van der Waals surface area contributed by atoms with Crippen molar-refractivity contribution in [2.75, 3.05) is 59.2 Å². The van der Waals surface area contributed by atoms with Crippen molar-refractivity contribution in [3.8, 4) is 0 Å². The molecule has 3 saturated heterocycles. The van der Waals surface area contributed by atoms with Gasteiger partial charge in [-0.2, -0.15) is 0 Å². The van der Waals surface area contributed by atoms with Gasteiger partial charge in [-0.25, -0.2) is 13.2 Å². The molecule has 1 unspecified atom stereocenters. The van der Waals surface area contributed by atoms with E-state index in [1.54, 1.807) is 23.1 Å². The quantitative estimate of drug-likeness (QED) is 0.625. The van der Waals surface area contributed by atoms with Gasteiger partial charge in [0.05, 0.1) is 23.0 Å². The van der Waals surface area contributed by atoms with Crippen molar-refractivity contribution in [3.05, 3.63) is 53.1 Å². The summed E-state index contributed by atoms with van der Waals surface area (Å²) >= 11 is 0. The number of sulfonamides is 1. The maximum Gasteiger partial charge on any atom is 0.414 e. The Labute approximate surface area is 212 Å². The van der Waals surface area contributed by atoms with E-state index in [9.17, 15) is 18.0 Å². The summed E-state index contributed by atoms with van der Waals surface area (Å²) in [7, 11) is -3.53. The fourth-order valence-corrected chi connectivity index (χ4v) is 6.90. The van der Waals surface area contributed by atoms with E-state index in [0.717, 1.165) is 0 Å². The van der Waals surface area contributed by atoms with Crippen LogP contribution in [0.25, 0.3) is 0 Å². The number of hydrogen-bond donors (Lipinski definition) is 0. The molecular weight excluding hydrogens is 480 g/mol. The summed E-state index contributed by atoms with van der Waals surface area (Å²) in [4.78, 5) is 31.6. The van der Waals surface area contributed by atoms with Crippen LogP contribution in [0, 0.1) is 13.8 Å². The average Bonchev–Trinajstić information content (AvgIpc) is 3.38. The highest BCUT2D eigenvalue weighted by molar-refractivity contribution is 7.93. The van der Waals surface area contributed by atoms with Crippen molar-refractivity contribution in [1.29, 1.82) is 0 Å². The van der Waals surface area contributed by atoms with Crippen molar-refractivity contribution in [1.82, 2.24) is 4.90 Å². The standard InChI is InChI=1S/C26H32N4O5S/c1-18-5-8-23(19(2)15-18)27-10-12-28(13-11-27)25(31)22-7-6-21(30-20(3)17-35-26(30)32)16-24(22)29-9-4-14-36(29,33)34/h5-8,15-16,20H,4,9-14,17H2,1-3H3. The van der Waals surface area contributed by atoms with E-state index in [2.05, 4.69) is 36.9 Å². The number of aryl methyl sites for hydroxylation is 2. The molecule has 0 N–H and O–H groups in total. The van der Waals surface area contributed by atoms with Gasteiger partial charge in [-0.05, 0) is 57.0 Å². The first-order valence-electron chi connectivity index (χ1n) is 12.4. The SMILES string of the molecule is Cc1ccc(N2CCN(C(=O)c3ccc(N4C(=O)OCC4C)cc3N3CCCS3(=O)=O)CC2)c(C)c1. The fraction of sp³-hybridized carbons (Fsp3) is 0.462. The second kappa shape index (κ2) is 9.31. The highest BCUT2D eigenvalue weighted by Gasteiger charge is 2.36. The lowest BCUT2D eigenvalue weighted by Crippen LogP contribution is -2.49. The molecule has 0 spiro atoms. The number of cyclic esters (lactones) is 1. The maximum atomic E-state index is 13.7. The van der Waals surface area contributed by atoms with Gasteiger partial charge in [0.25, 0.3) is 5.91 Å². The molecule has 1 atom stereocenters. The Bertz CT molecular complexity index is 1300. The first-order chi connectivity index (χ1) is 17.2. The van der Waals surface area contributed by atoms with Gasteiger partial charge in [-0.3, -0.25) is 14.0 Å². The van der Waals surface area contributed by atoms with Gasteiger partial charge in [-0.1, -0.05) is 17.7 Å². The van der Waals surface area contributed by atoms with E-state index in [0.29, 0.717) is 56.1 Å². The lowest BCUT2D eigenvalue weighted by atomic mass is 10.1. The van der Waals surface area contributed by atoms with Crippen molar-refractivity contribution in [2.24, 2.45) is 0 Å². The minimum absolute atomic E-state index is 0.0432. The Morgan fingerprint density at radius 1 is 0.972 bits per heavy atom. The fourth-order valence-electron chi connectivity index (χ4n) is 5.32. The number of amides is 2. The summed E-state index contributed by atoms with van der Waals surface area (Å²) in [5, 5.41) is 0. The molecule has 0 saturated carbocycles. The number of hydrogen-bond acceptors (Lipinski definition) is 6. The number of benzene rings is 2. The first kappa shape index (κ1) is 24.4. The molecule has 0 aromatic heterocycles. The minimum Gasteiger partial charge on any atom is -0.447 e. The predicted molar refractivity (Wildman–Crippen MR) is 140 cm³/mol. The molecule has 2 aromatic carbocycles. The van der Waals surface area contributed by atoms with E-state index in [4.69, 9.17) is 4.74 Å². The van der Waals surface area contributed by atoms with E-state index in [1.165, 1.54) is 26.0 Å². The normalized spacial score (nSPS) is 21.8. The van der Waals surface area contributed by atoms with Crippen LogP contribution >= 0.6 is 0 Å². The zero-order valence-electron chi connectivity index (χ0n) is 20.9. The van der Waals surface area contributed by atoms with Crippen LogP contribution in [0.1, 0.15) is 34.8 Å². The van der Waals surface area contributed by atoms with E-state index >= 15 is 0 Å². The van der Waals surface area contributed by atoms with Crippen LogP contribution in [-0.4, -0.2) is 76.4 Å². The van der Waals surface area contributed by atoms with E-state index < -0.39 is 16.1 Å². The second-order valence-corrected chi connectivity index (χ2v) is 11.8. The zero-order chi connectivity index (χ0) is 25.6. The predicted octanol–water partition coefficient (Wildman–Crippen LogP) is 3.15. The number of carbonyl (C=O) groups excluding carboxylic acids is 2. The third-order valence-corrected chi connectivity index (χ3v) is 9.06. The number of anilines is 3. The van der Waals surface area contributed by atoms with Gasteiger partial charge in [-0.15, -0.1) is 0 Å². The molecule has 0 radical (unpaired) electrons. The van der Waals surface area contributed by atoms with Crippen LogP contribution in [0.3, 0.4) is 0 Å². The molecule has 2 amide bonds. The highest BCUT2D eigenvalue weighted by Crippen LogP contribution is 2.35. The molecule has 0 bridgehead atoms. The number of nitrogens with zero attached hydrogens (tertiary/aromatic N) is 4. The molecular formula is C26H32N4O5S. The van der Waals surface area contributed by atoms with Gasteiger partial charge in [0, 0.05) is 44.1 Å². The molecule has 3 aliphatic rings. The summed E-state index contributed by atoms with van der Waals surface area (Å²) in [5.41, 5.74) is 4.80. The van der Waals surface area contributed by atoms with Crippen molar-refractivity contribution >= 4 is 39.1 Å². The highest BCUT2D eigenvalue weighted by atomic mass is 32.2. The molecule has 192 valence electrons. The topological polar surface area (TPSA) is 90.5 Å². The van der Waals surface area contributed by atoms with Gasteiger partial charge in [0.1, 0.15) is 6.61 Å². The molecule has 3 fully saturated rings. The summed E-state index contributed by atoms with van der Waals surface area (Å²) in [6.45, 7) is 9.08. The maximum absolute atomic E-state index is 13.7. The monoisotopic (exact) mass is 512 g/mol. The van der Waals surface area contributed by atoms with Gasteiger partial charge >= 0.3 is 6.09 Å². The zero-order valence-corrected chi connectivity index (χ0v) is 21.8. The third kappa shape index (κ3) is 4.38. The number of piperazine rings is 1. The van der Waals surface area contributed by atoms with Crippen LogP contribution in [-0.2, 0) is 14.8 Å². The average molecular weight is 513 g/mol. The van der Waals surface area contributed by atoms with Crippen molar-refractivity contribution in [3.63, 3.8) is 0 Å². The summed E-state index contributed by atoms with van der Waals surface area (Å²) in [5.74, 6) is -0.155. The molecule has 10 heteroatoms. The van der Waals surface area contributed by atoms with Gasteiger partial charge in [0.2, 0.25) is 10.0 Å². The molecule has 5 rings (SSSR count). The van der Waals surface area contributed by atoms with Crippen LogP contribution in [0.2, 0.25) is 0 Å². The Morgan fingerprint density at radius 3 is 2.33 bits per heavy atom. The molecule has 2 aromatic rings. The number of ether oxygens (including phenoxy) is 1. The smallest absolute Gasteiger partial charge is 0.414 e. The van der Waals surface area contributed by atoms with Crippen LogP contribution in [0.5, 0.6) is 0 Å². The summed E-state index contributed by atoms with van der Waals surface area (Å²) in [6.07, 6.45) is 0.0241. The lowest BCUT2D eigenvalue weighted by molar-refractivity contribution is 0.0747. The van der Waals surface area contributed by atoms with Gasteiger partial charge in [0.15, 0.2) is 0 Å². The number of carbonyl (C=O) groups is 2. The Morgan fingerprint density at radius 2 is 1.72 bits per heavy atom. The third-order valence-electron chi connectivity index (χ3n) is 7.20. The van der Waals surface area contributed by atoms with Crippen LogP contribution in [0.4, 0.5) is 21.9 Å². The molecule has 0 aliphatic carbocycles. The largest absolute Gasteiger partial charge is 0.447 e. The Kier molecular flexibility index (Phi) is 6.32. The molecule has 3 heterocycles. The summed E-state index contributed by atoms with van der Waals surface area (Å²) in [6, 6.07) is 11.2. The Balaban J connectivity index is 1.42. The van der Waals surface area contributed by atoms with Crippen molar-refractivity contribution in [2.45, 2.75) is 33.2 Å². The molecule has 36 heavy (non-hydrogen) atoms. The lowest BCUT2D eigenvalue weighted by Gasteiger charge is -2.37. The van der Waals surface area contributed by atoms with Gasteiger partial charge < -0.3 is 14.5 Å². The molecule has 3 aliphatic heterocycles. The number of rotatable bonds is 4. The molecule has 9 nitrogen and oxygen atoms in total. The van der Waals surface area contributed by atoms with Crippen LogP contribution < -0.4 is 14.1 Å². The Hall–Kier alpha value is -3.27. The van der Waals surface area contributed by atoms with E-state index in [-0.39, 0.29) is 24.3 Å². The summed E-state index contributed by atoms with van der Waals surface area (Å²) < 4.78 is 32.1. The second-order valence-electron chi connectivity index (χ2n) is 9.81. The minimum atomic E-state index is -3.53. The van der Waals surface area contributed by atoms with E-state index in [1.807, 2.05) is 6.92 Å². The first-order valence-corrected chi connectivity index (χ1v) is 14.0.